The first kappa shape index (κ1) is 15.3. The Morgan fingerprint density at radius 2 is 2.00 bits per heavy atom. The second-order valence-corrected chi connectivity index (χ2v) is 4.92. The second-order valence-electron chi connectivity index (χ2n) is 4.92. The summed E-state index contributed by atoms with van der Waals surface area (Å²) in [6, 6.07) is 7.54. The Balaban J connectivity index is 2.47. The monoisotopic (exact) mass is 265 g/mol. The molecule has 0 radical (unpaired) electrons. The molecule has 19 heavy (non-hydrogen) atoms. The third-order valence-corrected chi connectivity index (χ3v) is 2.73. The van der Waals surface area contributed by atoms with Crippen LogP contribution in [0.3, 0.4) is 0 Å². The number of oxime groups is 1. The molecular formula is C14H23N3O2. The van der Waals surface area contributed by atoms with E-state index in [2.05, 4.69) is 23.9 Å². The van der Waals surface area contributed by atoms with Crippen molar-refractivity contribution in [2.45, 2.75) is 13.8 Å². The highest BCUT2D eigenvalue weighted by molar-refractivity contribution is 5.97. The van der Waals surface area contributed by atoms with Crippen LogP contribution in [0.4, 0.5) is 5.69 Å². The molecule has 0 saturated carbocycles. The van der Waals surface area contributed by atoms with Crippen molar-refractivity contribution in [1.82, 2.24) is 0 Å². The molecule has 0 heterocycles. The zero-order valence-corrected chi connectivity index (χ0v) is 11.8. The highest BCUT2D eigenvalue weighted by Crippen LogP contribution is 2.13. The molecule has 0 fully saturated rings. The zero-order valence-electron chi connectivity index (χ0n) is 11.8. The molecule has 106 valence electrons. The third kappa shape index (κ3) is 5.18. The Hall–Kier alpha value is -1.75. The number of hydrogen-bond donors (Lipinski definition) is 2. The number of rotatable bonds is 7. The minimum atomic E-state index is 0.120. The van der Waals surface area contributed by atoms with E-state index in [1.807, 2.05) is 31.3 Å². The van der Waals surface area contributed by atoms with Crippen molar-refractivity contribution in [3.63, 3.8) is 0 Å². The average Bonchev–Trinajstić information content (AvgIpc) is 2.42. The molecule has 5 heteroatoms. The van der Waals surface area contributed by atoms with Gasteiger partial charge in [0.1, 0.15) is 0 Å². The predicted molar refractivity (Wildman–Crippen MR) is 77.9 cm³/mol. The van der Waals surface area contributed by atoms with Crippen molar-refractivity contribution >= 4 is 11.5 Å². The van der Waals surface area contributed by atoms with Gasteiger partial charge in [0.25, 0.3) is 0 Å². The molecule has 0 atom stereocenters. The van der Waals surface area contributed by atoms with Crippen LogP contribution >= 0.6 is 0 Å². The van der Waals surface area contributed by atoms with Gasteiger partial charge in [-0.05, 0) is 30.2 Å². The van der Waals surface area contributed by atoms with E-state index in [1.165, 1.54) is 0 Å². The van der Waals surface area contributed by atoms with Gasteiger partial charge in [0, 0.05) is 31.5 Å². The summed E-state index contributed by atoms with van der Waals surface area (Å²) in [6.07, 6.45) is 0. The van der Waals surface area contributed by atoms with Crippen molar-refractivity contribution in [3.8, 4) is 0 Å². The van der Waals surface area contributed by atoms with E-state index < -0.39 is 0 Å². The molecule has 0 unspecified atom stereocenters. The Kier molecular flexibility index (Phi) is 6.15. The van der Waals surface area contributed by atoms with Crippen molar-refractivity contribution < 1.29 is 9.94 Å². The lowest BCUT2D eigenvalue weighted by atomic mass is 10.2. The van der Waals surface area contributed by atoms with Crippen LogP contribution in [0.5, 0.6) is 0 Å². The fraction of sp³-hybridized carbons (Fsp3) is 0.500. The van der Waals surface area contributed by atoms with Gasteiger partial charge in [0.15, 0.2) is 5.84 Å². The number of anilines is 1. The zero-order chi connectivity index (χ0) is 14.3. The predicted octanol–water partition coefficient (Wildman–Crippen LogP) is 1.89. The second kappa shape index (κ2) is 7.63. The van der Waals surface area contributed by atoms with E-state index in [1.54, 1.807) is 0 Å². The van der Waals surface area contributed by atoms with Crippen molar-refractivity contribution in [2.75, 3.05) is 31.7 Å². The van der Waals surface area contributed by atoms with Crippen molar-refractivity contribution in [1.29, 1.82) is 0 Å². The van der Waals surface area contributed by atoms with Crippen LogP contribution in [-0.4, -0.2) is 37.8 Å². The summed E-state index contributed by atoms with van der Waals surface area (Å²) < 4.78 is 5.55. The van der Waals surface area contributed by atoms with E-state index >= 15 is 0 Å². The number of benzene rings is 1. The Morgan fingerprint density at radius 3 is 2.53 bits per heavy atom. The third-order valence-electron chi connectivity index (χ3n) is 2.73. The largest absolute Gasteiger partial charge is 0.409 e. The van der Waals surface area contributed by atoms with Crippen LogP contribution in [0.1, 0.15) is 19.4 Å². The van der Waals surface area contributed by atoms with Crippen LogP contribution in [0.15, 0.2) is 29.4 Å². The molecule has 0 aliphatic heterocycles. The van der Waals surface area contributed by atoms with E-state index in [0.717, 1.165) is 18.8 Å². The van der Waals surface area contributed by atoms with Gasteiger partial charge >= 0.3 is 0 Å². The fourth-order valence-electron chi connectivity index (χ4n) is 1.59. The Labute approximate surface area is 114 Å². The molecule has 1 aromatic carbocycles. The number of hydrogen-bond acceptors (Lipinski definition) is 4. The summed E-state index contributed by atoms with van der Waals surface area (Å²) in [5.41, 5.74) is 7.29. The first-order valence-corrected chi connectivity index (χ1v) is 6.41. The van der Waals surface area contributed by atoms with E-state index in [0.29, 0.717) is 18.1 Å². The lowest BCUT2D eigenvalue weighted by Crippen LogP contribution is -2.23. The normalized spacial score (nSPS) is 11.9. The molecule has 1 aromatic rings. The van der Waals surface area contributed by atoms with Crippen LogP contribution in [-0.2, 0) is 4.74 Å². The van der Waals surface area contributed by atoms with E-state index in [-0.39, 0.29) is 5.84 Å². The molecule has 0 aromatic heterocycles. The maximum absolute atomic E-state index is 8.59. The van der Waals surface area contributed by atoms with Crippen LogP contribution in [0.25, 0.3) is 0 Å². The molecule has 5 nitrogen and oxygen atoms in total. The van der Waals surface area contributed by atoms with Crippen LogP contribution in [0.2, 0.25) is 0 Å². The van der Waals surface area contributed by atoms with Gasteiger partial charge in [0.05, 0.1) is 6.61 Å². The number of nitrogens with two attached hydrogens (primary N) is 1. The molecular weight excluding hydrogens is 242 g/mol. The summed E-state index contributed by atoms with van der Waals surface area (Å²) in [7, 11) is 2.01. The molecule has 0 bridgehead atoms. The fourth-order valence-corrected chi connectivity index (χ4v) is 1.59. The molecule has 0 aliphatic rings. The molecule has 3 N–H and O–H groups in total. The summed E-state index contributed by atoms with van der Waals surface area (Å²) in [4.78, 5) is 2.11. The van der Waals surface area contributed by atoms with Gasteiger partial charge < -0.3 is 20.6 Å². The Morgan fingerprint density at radius 1 is 1.37 bits per heavy atom. The number of amidine groups is 1. The first-order valence-electron chi connectivity index (χ1n) is 6.41. The highest BCUT2D eigenvalue weighted by atomic mass is 16.5. The van der Waals surface area contributed by atoms with Crippen molar-refractivity contribution in [3.05, 3.63) is 29.8 Å². The molecule has 0 aliphatic carbocycles. The topological polar surface area (TPSA) is 71.1 Å². The first-order chi connectivity index (χ1) is 9.04. The molecule has 0 spiro atoms. The summed E-state index contributed by atoms with van der Waals surface area (Å²) in [5, 5.41) is 11.6. The van der Waals surface area contributed by atoms with Gasteiger partial charge in [-0.2, -0.15) is 0 Å². The van der Waals surface area contributed by atoms with Gasteiger partial charge in [0.2, 0.25) is 0 Å². The molecule has 0 saturated heterocycles. The smallest absolute Gasteiger partial charge is 0.170 e. The van der Waals surface area contributed by atoms with Gasteiger partial charge in [-0.3, -0.25) is 0 Å². The molecule has 0 amide bonds. The van der Waals surface area contributed by atoms with Gasteiger partial charge in [-0.15, -0.1) is 0 Å². The van der Waals surface area contributed by atoms with E-state index in [9.17, 15) is 0 Å². The maximum atomic E-state index is 8.59. The van der Waals surface area contributed by atoms with Crippen LogP contribution in [0, 0.1) is 5.92 Å². The summed E-state index contributed by atoms with van der Waals surface area (Å²) in [6.45, 7) is 6.59. The summed E-state index contributed by atoms with van der Waals surface area (Å²) in [5.74, 6) is 0.680. The minimum absolute atomic E-state index is 0.120. The van der Waals surface area contributed by atoms with Crippen LogP contribution < -0.4 is 10.6 Å². The number of ether oxygens (including phenoxy) is 1. The minimum Gasteiger partial charge on any atom is -0.409 e. The number of nitrogens with zero attached hydrogens (tertiary/aromatic N) is 2. The van der Waals surface area contributed by atoms with Gasteiger partial charge in [-0.25, -0.2) is 0 Å². The van der Waals surface area contributed by atoms with Gasteiger partial charge in [-0.1, -0.05) is 19.0 Å². The average molecular weight is 265 g/mol. The SMILES string of the molecule is CC(C)COCCN(C)c1ccc(/C(N)=N/O)cc1. The quantitative estimate of drug-likeness (QED) is 0.260. The van der Waals surface area contributed by atoms with E-state index in [4.69, 9.17) is 15.7 Å². The maximum Gasteiger partial charge on any atom is 0.170 e. The lowest BCUT2D eigenvalue weighted by Gasteiger charge is -2.19. The standard InChI is InChI=1S/C14H23N3O2/c1-11(2)10-19-9-8-17(3)13-6-4-12(5-7-13)14(15)16-18/h4-7,11,18H,8-10H2,1-3H3,(H2,15,16). The Bertz CT molecular complexity index is 402. The summed E-state index contributed by atoms with van der Waals surface area (Å²) >= 11 is 0. The molecule has 1 rings (SSSR count). The highest BCUT2D eigenvalue weighted by Gasteiger charge is 2.03. The van der Waals surface area contributed by atoms with Crippen molar-refractivity contribution in [2.24, 2.45) is 16.8 Å². The number of likely N-dealkylation sites (N-methyl/N-ethyl adjacent to an activating group) is 1. The lowest BCUT2D eigenvalue weighted by molar-refractivity contribution is 0.116.